The van der Waals surface area contributed by atoms with Crippen LogP contribution in [-0.2, 0) is 0 Å². The highest BCUT2D eigenvalue weighted by Crippen LogP contribution is 2.24. The van der Waals surface area contributed by atoms with Crippen LogP contribution in [0.15, 0.2) is 24.3 Å². The maximum absolute atomic E-state index is 9.33. The molecule has 0 amide bonds. The Balaban J connectivity index is 2.29. The van der Waals surface area contributed by atoms with Crippen molar-refractivity contribution in [3.8, 4) is 5.75 Å². The zero-order valence-electron chi connectivity index (χ0n) is 8.35. The maximum atomic E-state index is 9.33. The third kappa shape index (κ3) is 1.66. The van der Waals surface area contributed by atoms with E-state index in [4.69, 9.17) is 7.15 Å². The van der Waals surface area contributed by atoms with Crippen molar-refractivity contribution in [3.05, 3.63) is 29.8 Å². The molecule has 1 unspecified atom stereocenters. The highest BCUT2D eigenvalue weighted by atomic mass is 16.3. The molecule has 1 aliphatic rings. The van der Waals surface area contributed by atoms with Crippen molar-refractivity contribution in [3.63, 3.8) is 0 Å². The summed E-state index contributed by atoms with van der Waals surface area (Å²) in [6.07, 6.45) is 0.837. The second-order valence-corrected chi connectivity index (χ2v) is 3.40. The third-order valence-corrected chi connectivity index (χ3v) is 2.41. The molecule has 0 spiro atoms. The number of nitrogens with two attached hydrogens (primary N) is 1. The molecule has 1 heterocycles. The molecule has 4 N–H and O–H groups in total. The lowest BCUT2D eigenvalue weighted by atomic mass is 10.0. The molecule has 70 valence electrons. The summed E-state index contributed by atoms with van der Waals surface area (Å²) < 4.78 is 7.70. The molecule has 0 aromatic heterocycles. The normalized spacial score (nSPS) is 30.4. The Morgan fingerprint density at radius 3 is 3.08 bits per heavy atom. The number of phenolic OH excluding ortho intramolecular Hbond substituents is 1. The van der Waals surface area contributed by atoms with E-state index in [1.165, 1.54) is 5.31 Å². The number of nitrogens with one attached hydrogen (secondary N) is 1. The van der Waals surface area contributed by atoms with Crippen molar-refractivity contribution >= 4 is 0 Å². The number of benzene rings is 1. The van der Waals surface area contributed by atoms with Gasteiger partial charge < -0.3 is 16.2 Å². The standard InChI is InChI=1S/C10H14N2O/c11-9-4-5-12-10(9)7-2-1-3-8(13)6-7/h1-3,6,9-10,12-13H,4-5,11H2/t9?,10-/m1/s1/i/hD. The summed E-state index contributed by atoms with van der Waals surface area (Å²) in [6.45, 7) is 0.696. The summed E-state index contributed by atoms with van der Waals surface area (Å²) >= 11 is 0. The van der Waals surface area contributed by atoms with E-state index < -0.39 is 0 Å². The molecule has 0 radical (unpaired) electrons. The minimum atomic E-state index is -0.0814. The topological polar surface area (TPSA) is 58.3 Å². The molecule has 0 aliphatic carbocycles. The summed E-state index contributed by atoms with van der Waals surface area (Å²) in [5.41, 5.74) is 6.83. The van der Waals surface area contributed by atoms with E-state index in [0.717, 1.165) is 12.0 Å². The summed E-state index contributed by atoms with van der Waals surface area (Å²) in [5, 5.41) is 10.8. The molecule has 3 heteroatoms. The SMILES string of the molecule is [2H]N1CCC(N)[C@H]1c1cccc(O)c1. The van der Waals surface area contributed by atoms with Crippen LogP contribution in [0.1, 0.15) is 18.0 Å². The molecule has 13 heavy (non-hydrogen) atoms. The van der Waals surface area contributed by atoms with Crippen molar-refractivity contribution in [1.29, 1.82) is 0 Å². The van der Waals surface area contributed by atoms with Gasteiger partial charge in [-0.1, -0.05) is 12.1 Å². The first-order valence-corrected chi connectivity index (χ1v) is 4.48. The smallest absolute Gasteiger partial charge is 0.123 e. The fourth-order valence-corrected chi connectivity index (χ4v) is 1.72. The van der Waals surface area contributed by atoms with E-state index in [0.29, 0.717) is 6.54 Å². The van der Waals surface area contributed by atoms with Crippen LogP contribution in [0.2, 0.25) is 1.41 Å². The van der Waals surface area contributed by atoms with Gasteiger partial charge in [-0.25, -0.2) is 0 Å². The average molecular weight is 179 g/mol. The molecule has 1 fully saturated rings. The second-order valence-electron chi connectivity index (χ2n) is 3.40. The molecule has 0 saturated carbocycles. The van der Waals surface area contributed by atoms with Crippen LogP contribution in [-0.4, -0.2) is 17.7 Å². The summed E-state index contributed by atoms with van der Waals surface area (Å²) in [7, 11) is 0. The highest BCUT2D eigenvalue weighted by molar-refractivity contribution is 5.30. The van der Waals surface area contributed by atoms with E-state index in [-0.39, 0.29) is 17.8 Å². The average Bonchev–Trinajstić information content (AvgIpc) is 2.46. The van der Waals surface area contributed by atoms with Crippen molar-refractivity contribution in [1.82, 2.24) is 5.31 Å². The monoisotopic (exact) mass is 179 g/mol. The lowest BCUT2D eigenvalue weighted by molar-refractivity contribution is 0.472. The summed E-state index contributed by atoms with van der Waals surface area (Å²) in [6, 6.07) is 6.90. The largest absolute Gasteiger partial charge is 0.508 e. The van der Waals surface area contributed by atoms with Gasteiger partial charge in [-0.2, -0.15) is 0 Å². The molecule has 3 nitrogen and oxygen atoms in total. The first kappa shape index (κ1) is 7.35. The Morgan fingerprint density at radius 1 is 1.62 bits per heavy atom. The minimum absolute atomic E-state index is 0.00528. The van der Waals surface area contributed by atoms with Crippen LogP contribution in [0.3, 0.4) is 0 Å². The Labute approximate surface area is 79.0 Å². The van der Waals surface area contributed by atoms with E-state index >= 15 is 0 Å². The van der Waals surface area contributed by atoms with Crippen LogP contribution in [0.5, 0.6) is 5.75 Å². The summed E-state index contributed by atoms with van der Waals surface area (Å²) in [5.74, 6) is 0.231. The van der Waals surface area contributed by atoms with Gasteiger partial charge >= 0.3 is 0 Å². The first-order valence-electron chi connectivity index (χ1n) is 4.93. The van der Waals surface area contributed by atoms with Crippen molar-refractivity contribution in [2.24, 2.45) is 5.73 Å². The van der Waals surface area contributed by atoms with Gasteiger partial charge in [-0.05, 0) is 30.7 Å². The lowest BCUT2D eigenvalue weighted by Gasteiger charge is -2.15. The zero-order chi connectivity index (χ0) is 10.1. The predicted octanol–water partition coefficient (Wildman–Crippen LogP) is 0.754. The molecule has 2 rings (SSSR count). The van der Waals surface area contributed by atoms with Gasteiger partial charge in [0, 0.05) is 12.1 Å². The van der Waals surface area contributed by atoms with Gasteiger partial charge in [-0.3, -0.25) is 0 Å². The summed E-state index contributed by atoms with van der Waals surface area (Å²) in [4.78, 5) is 0. The van der Waals surface area contributed by atoms with Gasteiger partial charge in [0.2, 0.25) is 0 Å². The molecule has 2 atom stereocenters. The lowest BCUT2D eigenvalue weighted by Crippen LogP contribution is -2.27. The second kappa shape index (κ2) is 3.36. The molecule has 1 aromatic rings. The Morgan fingerprint density at radius 2 is 2.46 bits per heavy atom. The van der Waals surface area contributed by atoms with Crippen LogP contribution in [0, 0.1) is 0 Å². The van der Waals surface area contributed by atoms with Gasteiger partial charge in [0.1, 0.15) is 7.16 Å². The van der Waals surface area contributed by atoms with Crippen molar-refractivity contribution < 1.29 is 6.52 Å². The quantitative estimate of drug-likeness (QED) is 0.596. The van der Waals surface area contributed by atoms with Crippen LogP contribution in [0.25, 0.3) is 0 Å². The number of hydrogen-bond donors (Lipinski definition) is 3. The van der Waals surface area contributed by atoms with Crippen LogP contribution >= 0.6 is 0 Å². The first-order chi connectivity index (χ1) is 6.68. The number of aromatic hydroxyl groups is 1. The maximum Gasteiger partial charge on any atom is 0.123 e. The predicted molar refractivity (Wildman–Crippen MR) is 51.4 cm³/mol. The van der Waals surface area contributed by atoms with Crippen LogP contribution in [0.4, 0.5) is 0 Å². The molecule has 0 bridgehead atoms. The van der Waals surface area contributed by atoms with Crippen molar-refractivity contribution in [2.45, 2.75) is 18.5 Å². The van der Waals surface area contributed by atoms with E-state index in [1.807, 2.05) is 6.07 Å². The zero-order valence-corrected chi connectivity index (χ0v) is 7.35. The molecular weight excluding hydrogens is 164 g/mol. The highest BCUT2D eigenvalue weighted by Gasteiger charge is 2.24. The number of phenols is 1. The Kier molecular flexibility index (Phi) is 1.90. The molecule has 1 aliphatic heterocycles. The fraction of sp³-hybridized carbons (Fsp3) is 0.400. The van der Waals surface area contributed by atoms with Gasteiger partial charge in [-0.15, -0.1) is 0 Å². The Bertz CT molecular complexity index is 322. The molecular formula is C10H14N2O. The van der Waals surface area contributed by atoms with Crippen LogP contribution < -0.4 is 11.0 Å². The minimum Gasteiger partial charge on any atom is -0.508 e. The van der Waals surface area contributed by atoms with E-state index in [9.17, 15) is 5.11 Å². The van der Waals surface area contributed by atoms with Gasteiger partial charge in [0.25, 0.3) is 0 Å². The van der Waals surface area contributed by atoms with Crippen molar-refractivity contribution in [2.75, 3.05) is 6.54 Å². The molecule has 1 saturated heterocycles. The molecule has 1 aromatic carbocycles. The van der Waals surface area contributed by atoms with E-state index in [2.05, 4.69) is 0 Å². The number of hydrogen-bond acceptors (Lipinski definition) is 3. The third-order valence-electron chi connectivity index (χ3n) is 2.41. The van der Waals surface area contributed by atoms with Gasteiger partial charge in [0.05, 0.1) is 0 Å². The van der Waals surface area contributed by atoms with Gasteiger partial charge in [0.15, 0.2) is 0 Å². The Hall–Kier alpha value is -1.06. The fourth-order valence-electron chi connectivity index (χ4n) is 1.72. The number of rotatable bonds is 1. The van der Waals surface area contributed by atoms with E-state index in [1.54, 1.807) is 18.2 Å².